The Kier molecular flexibility index (Phi) is 4.16. The highest BCUT2D eigenvalue weighted by molar-refractivity contribution is 5.73. The van der Waals surface area contributed by atoms with Crippen LogP contribution in [0.25, 0.3) is 0 Å². The van der Waals surface area contributed by atoms with E-state index in [1.165, 1.54) is 0 Å². The maximum Gasteiger partial charge on any atom is 0.310 e. The Labute approximate surface area is 90.2 Å². The van der Waals surface area contributed by atoms with Gasteiger partial charge in [-0.1, -0.05) is 19.1 Å². The van der Waals surface area contributed by atoms with Crippen LogP contribution in [0.4, 0.5) is 5.69 Å². The topological polar surface area (TPSA) is 52.3 Å². The summed E-state index contributed by atoms with van der Waals surface area (Å²) in [6, 6.07) is 7.29. The van der Waals surface area contributed by atoms with E-state index in [0.29, 0.717) is 5.69 Å². The molecule has 3 heteroatoms. The highest BCUT2D eigenvalue weighted by atomic mass is 16.5. The van der Waals surface area contributed by atoms with Crippen molar-refractivity contribution in [2.75, 3.05) is 5.73 Å². The quantitative estimate of drug-likeness (QED) is 0.608. The largest absolute Gasteiger partial charge is 0.462 e. The lowest BCUT2D eigenvalue weighted by molar-refractivity contribution is -0.147. The average Bonchev–Trinajstić information content (AvgIpc) is 2.17. The van der Waals surface area contributed by atoms with Crippen LogP contribution in [-0.2, 0) is 16.0 Å². The predicted molar refractivity (Wildman–Crippen MR) is 60.4 cm³/mol. The van der Waals surface area contributed by atoms with Crippen LogP contribution in [0.3, 0.4) is 0 Å². The molecule has 0 spiro atoms. The molecule has 0 aromatic heterocycles. The van der Waals surface area contributed by atoms with E-state index in [1.54, 1.807) is 12.1 Å². The number of ether oxygens (including phenoxy) is 1. The molecular formula is C12H17NO2. The zero-order valence-corrected chi connectivity index (χ0v) is 9.19. The SMILES string of the molecule is CCC(C)OC(=O)Cc1cccc(N)c1. The number of hydrogen-bond donors (Lipinski definition) is 1. The minimum Gasteiger partial charge on any atom is -0.462 e. The monoisotopic (exact) mass is 207 g/mol. The summed E-state index contributed by atoms with van der Waals surface area (Å²) in [7, 11) is 0. The molecule has 1 atom stereocenters. The number of nitrogen functional groups attached to an aromatic ring is 1. The first-order chi connectivity index (χ1) is 7.11. The van der Waals surface area contributed by atoms with Gasteiger partial charge in [0.25, 0.3) is 0 Å². The minimum absolute atomic E-state index is 0.0152. The number of rotatable bonds is 4. The summed E-state index contributed by atoms with van der Waals surface area (Å²) in [5.41, 5.74) is 7.17. The third-order valence-electron chi connectivity index (χ3n) is 2.21. The van der Waals surface area contributed by atoms with Crippen LogP contribution in [0.15, 0.2) is 24.3 Å². The van der Waals surface area contributed by atoms with Crippen LogP contribution in [0, 0.1) is 0 Å². The molecule has 0 aliphatic heterocycles. The van der Waals surface area contributed by atoms with Gasteiger partial charge in [-0.05, 0) is 31.0 Å². The van der Waals surface area contributed by atoms with Gasteiger partial charge < -0.3 is 10.5 Å². The van der Waals surface area contributed by atoms with Crippen LogP contribution in [0.2, 0.25) is 0 Å². The van der Waals surface area contributed by atoms with Gasteiger partial charge in [0.15, 0.2) is 0 Å². The van der Waals surface area contributed by atoms with Crippen LogP contribution < -0.4 is 5.73 Å². The molecule has 15 heavy (non-hydrogen) atoms. The molecule has 0 saturated heterocycles. The molecule has 0 bridgehead atoms. The molecule has 0 amide bonds. The fourth-order valence-corrected chi connectivity index (χ4v) is 1.22. The molecule has 0 aliphatic rings. The number of carbonyl (C=O) groups is 1. The Balaban J connectivity index is 2.51. The van der Waals surface area contributed by atoms with E-state index < -0.39 is 0 Å². The predicted octanol–water partition coefficient (Wildman–Crippen LogP) is 2.15. The molecule has 1 rings (SSSR count). The van der Waals surface area contributed by atoms with Crippen molar-refractivity contribution >= 4 is 11.7 Å². The average molecular weight is 207 g/mol. The standard InChI is InChI=1S/C12H17NO2/c1-3-9(2)15-12(14)8-10-5-4-6-11(13)7-10/h4-7,9H,3,8,13H2,1-2H3. The van der Waals surface area contributed by atoms with Gasteiger partial charge in [-0.3, -0.25) is 4.79 Å². The van der Waals surface area contributed by atoms with Gasteiger partial charge >= 0.3 is 5.97 Å². The van der Waals surface area contributed by atoms with E-state index >= 15 is 0 Å². The van der Waals surface area contributed by atoms with Crippen molar-refractivity contribution in [3.05, 3.63) is 29.8 Å². The van der Waals surface area contributed by atoms with Crippen molar-refractivity contribution in [2.45, 2.75) is 32.8 Å². The molecule has 0 saturated carbocycles. The summed E-state index contributed by atoms with van der Waals surface area (Å²) in [4.78, 5) is 11.4. The molecule has 3 nitrogen and oxygen atoms in total. The fraction of sp³-hybridized carbons (Fsp3) is 0.417. The molecule has 0 radical (unpaired) electrons. The van der Waals surface area contributed by atoms with Crippen molar-refractivity contribution in [3.63, 3.8) is 0 Å². The first-order valence-corrected chi connectivity index (χ1v) is 5.15. The van der Waals surface area contributed by atoms with Gasteiger partial charge in [-0.2, -0.15) is 0 Å². The number of carbonyl (C=O) groups excluding carboxylic acids is 1. The summed E-state index contributed by atoms with van der Waals surface area (Å²) >= 11 is 0. The summed E-state index contributed by atoms with van der Waals surface area (Å²) in [5.74, 6) is -0.199. The van der Waals surface area contributed by atoms with Gasteiger partial charge in [-0.15, -0.1) is 0 Å². The van der Waals surface area contributed by atoms with Gasteiger partial charge in [-0.25, -0.2) is 0 Å². The molecule has 0 heterocycles. The highest BCUT2D eigenvalue weighted by Gasteiger charge is 2.08. The van der Waals surface area contributed by atoms with Crippen molar-refractivity contribution < 1.29 is 9.53 Å². The number of esters is 1. The van der Waals surface area contributed by atoms with Crippen LogP contribution in [0.1, 0.15) is 25.8 Å². The molecule has 1 unspecified atom stereocenters. The highest BCUT2D eigenvalue weighted by Crippen LogP contribution is 2.08. The number of anilines is 1. The molecule has 1 aromatic rings. The van der Waals surface area contributed by atoms with E-state index in [4.69, 9.17) is 10.5 Å². The number of benzene rings is 1. The fourth-order valence-electron chi connectivity index (χ4n) is 1.22. The molecule has 82 valence electrons. The van der Waals surface area contributed by atoms with Gasteiger partial charge in [0, 0.05) is 5.69 Å². The van der Waals surface area contributed by atoms with Gasteiger partial charge in [0.05, 0.1) is 12.5 Å². The Morgan fingerprint density at radius 1 is 1.53 bits per heavy atom. The van der Waals surface area contributed by atoms with Crippen molar-refractivity contribution in [2.24, 2.45) is 0 Å². The zero-order valence-electron chi connectivity index (χ0n) is 9.19. The maximum absolute atomic E-state index is 11.4. The maximum atomic E-state index is 11.4. The Morgan fingerprint density at radius 2 is 2.27 bits per heavy atom. The minimum atomic E-state index is -0.199. The molecule has 1 aromatic carbocycles. The van der Waals surface area contributed by atoms with Crippen molar-refractivity contribution in [1.82, 2.24) is 0 Å². The first-order valence-electron chi connectivity index (χ1n) is 5.15. The van der Waals surface area contributed by atoms with Crippen molar-refractivity contribution in [1.29, 1.82) is 0 Å². The summed E-state index contributed by atoms with van der Waals surface area (Å²) in [6.07, 6.45) is 1.11. The van der Waals surface area contributed by atoms with E-state index in [2.05, 4.69) is 0 Å². The number of hydrogen-bond acceptors (Lipinski definition) is 3. The third-order valence-corrected chi connectivity index (χ3v) is 2.21. The van der Waals surface area contributed by atoms with E-state index in [-0.39, 0.29) is 18.5 Å². The zero-order chi connectivity index (χ0) is 11.3. The lowest BCUT2D eigenvalue weighted by Crippen LogP contribution is -2.15. The molecule has 0 aliphatic carbocycles. The lowest BCUT2D eigenvalue weighted by Gasteiger charge is -2.10. The van der Waals surface area contributed by atoms with Crippen LogP contribution >= 0.6 is 0 Å². The number of nitrogens with two attached hydrogens (primary N) is 1. The molecular weight excluding hydrogens is 190 g/mol. The second-order valence-electron chi connectivity index (χ2n) is 3.63. The summed E-state index contributed by atoms with van der Waals surface area (Å²) in [6.45, 7) is 3.87. The first kappa shape index (κ1) is 11.6. The Hall–Kier alpha value is -1.51. The van der Waals surface area contributed by atoms with E-state index in [1.807, 2.05) is 26.0 Å². The molecule has 0 fully saturated rings. The lowest BCUT2D eigenvalue weighted by atomic mass is 10.1. The summed E-state index contributed by atoms with van der Waals surface area (Å²) in [5, 5.41) is 0. The van der Waals surface area contributed by atoms with Gasteiger partial charge in [0.1, 0.15) is 0 Å². The van der Waals surface area contributed by atoms with Gasteiger partial charge in [0.2, 0.25) is 0 Å². The third kappa shape index (κ3) is 4.02. The Morgan fingerprint density at radius 3 is 2.87 bits per heavy atom. The van der Waals surface area contributed by atoms with Crippen LogP contribution in [-0.4, -0.2) is 12.1 Å². The van der Waals surface area contributed by atoms with E-state index in [9.17, 15) is 4.79 Å². The van der Waals surface area contributed by atoms with Crippen molar-refractivity contribution in [3.8, 4) is 0 Å². The second kappa shape index (κ2) is 5.39. The summed E-state index contributed by atoms with van der Waals surface area (Å²) < 4.78 is 5.16. The molecule has 2 N–H and O–H groups in total. The second-order valence-corrected chi connectivity index (χ2v) is 3.63. The normalized spacial score (nSPS) is 12.1. The van der Waals surface area contributed by atoms with E-state index in [0.717, 1.165) is 12.0 Å². The van der Waals surface area contributed by atoms with Crippen LogP contribution in [0.5, 0.6) is 0 Å². The smallest absolute Gasteiger partial charge is 0.310 e. The Bertz CT molecular complexity index is 336.